The molecule has 1 aliphatic heterocycles. The zero-order chi connectivity index (χ0) is 20.2. The Morgan fingerprint density at radius 1 is 1.07 bits per heavy atom. The molecule has 0 N–H and O–H groups in total. The number of aromatic nitrogens is 2. The molecule has 1 aromatic heterocycles. The van der Waals surface area contributed by atoms with Crippen molar-refractivity contribution in [3.05, 3.63) is 65.5 Å². The molecule has 7 nitrogen and oxygen atoms in total. The SMILES string of the molecule is COc1cccc(C(=O)N2CCN(Cc3nnc(-c4cccc(C)c4)o3)CC2)c1. The Balaban J connectivity index is 1.34. The van der Waals surface area contributed by atoms with Crippen molar-refractivity contribution in [1.29, 1.82) is 0 Å². The zero-order valence-corrected chi connectivity index (χ0v) is 16.7. The molecule has 1 fully saturated rings. The minimum Gasteiger partial charge on any atom is -0.497 e. The van der Waals surface area contributed by atoms with Crippen LogP contribution in [0.25, 0.3) is 11.5 Å². The van der Waals surface area contributed by atoms with E-state index in [-0.39, 0.29) is 5.91 Å². The second-order valence-corrected chi connectivity index (χ2v) is 7.17. The van der Waals surface area contributed by atoms with E-state index in [9.17, 15) is 4.79 Å². The fourth-order valence-corrected chi connectivity index (χ4v) is 3.45. The molecule has 2 aromatic carbocycles. The lowest BCUT2D eigenvalue weighted by Crippen LogP contribution is -2.48. The molecule has 3 aromatic rings. The van der Waals surface area contributed by atoms with Crippen LogP contribution in [0.3, 0.4) is 0 Å². The number of hydrogen-bond acceptors (Lipinski definition) is 6. The average Bonchev–Trinajstić information content (AvgIpc) is 3.22. The number of carbonyl (C=O) groups excluding carboxylic acids is 1. The normalized spacial score (nSPS) is 14.8. The van der Waals surface area contributed by atoms with Crippen molar-refractivity contribution in [2.24, 2.45) is 0 Å². The standard InChI is InChI=1S/C22H24N4O3/c1-16-5-3-6-17(13-16)21-24-23-20(29-21)15-25-9-11-26(12-10-25)22(27)18-7-4-8-19(14-18)28-2/h3-8,13-14H,9-12,15H2,1-2H3. The third-order valence-electron chi connectivity index (χ3n) is 5.07. The molecule has 0 aliphatic carbocycles. The molecule has 0 saturated carbocycles. The van der Waals surface area contributed by atoms with E-state index in [0.717, 1.165) is 24.2 Å². The predicted molar refractivity (Wildman–Crippen MR) is 109 cm³/mol. The quantitative estimate of drug-likeness (QED) is 0.665. The van der Waals surface area contributed by atoms with Crippen LogP contribution in [-0.4, -0.2) is 59.2 Å². The lowest BCUT2D eigenvalue weighted by atomic mass is 10.1. The van der Waals surface area contributed by atoms with Crippen LogP contribution < -0.4 is 4.74 Å². The summed E-state index contributed by atoms with van der Waals surface area (Å²) in [6.07, 6.45) is 0. The molecule has 0 unspecified atom stereocenters. The van der Waals surface area contributed by atoms with E-state index in [4.69, 9.17) is 9.15 Å². The van der Waals surface area contributed by atoms with Gasteiger partial charge < -0.3 is 14.1 Å². The van der Waals surface area contributed by atoms with Crippen molar-refractivity contribution in [3.8, 4) is 17.2 Å². The Kier molecular flexibility index (Phi) is 5.57. The molecule has 0 bridgehead atoms. The summed E-state index contributed by atoms with van der Waals surface area (Å²) in [6.45, 7) is 5.46. The summed E-state index contributed by atoms with van der Waals surface area (Å²) in [7, 11) is 1.60. The highest BCUT2D eigenvalue weighted by molar-refractivity contribution is 5.94. The van der Waals surface area contributed by atoms with Crippen LogP contribution in [0, 0.1) is 6.92 Å². The van der Waals surface area contributed by atoms with Crippen LogP contribution in [-0.2, 0) is 6.54 Å². The van der Waals surface area contributed by atoms with E-state index in [0.29, 0.717) is 42.7 Å². The lowest BCUT2D eigenvalue weighted by Gasteiger charge is -2.34. The van der Waals surface area contributed by atoms with Gasteiger partial charge in [-0.05, 0) is 37.3 Å². The Morgan fingerprint density at radius 2 is 1.86 bits per heavy atom. The van der Waals surface area contributed by atoms with Crippen LogP contribution >= 0.6 is 0 Å². The molecular formula is C22H24N4O3. The monoisotopic (exact) mass is 392 g/mol. The highest BCUT2D eigenvalue weighted by atomic mass is 16.5. The van der Waals surface area contributed by atoms with E-state index in [2.05, 4.69) is 15.1 Å². The first kappa shape index (κ1) is 19.1. The molecule has 4 rings (SSSR count). The Bertz CT molecular complexity index is 993. The van der Waals surface area contributed by atoms with Gasteiger partial charge >= 0.3 is 0 Å². The number of ether oxygens (including phenoxy) is 1. The van der Waals surface area contributed by atoms with E-state index >= 15 is 0 Å². The number of piperazine rings is 1. The van der Waals surface area contributed by atoms with E-state index in [1.807, 2.05) is 54.3 Å². The predicted octanol–water partition coefficient (Wildman–Crippen LogP) is 3.01. The van der Waals surface area contributed by atoms with Crippen LogP contribution in [0.4, 0.5) is 0 Å². The summed E-state index contributed by atoms with van der Waals surface area (Å²) in [5.41, 5.74) is 2.73. The number of hydrogen-bond donors (Lipinski definition) is 0. The fraction of sp³-hybridized carbons (Fsp3) is 0.318. The molecule has 150 valence electrons. The molecule has 0 atom stereocenters. The van der Waals surface area contributed by atoms with Crippen molar-refractivity contribution >= 4 is 5.91 Å². The summed E-state index contributed by atoms with van der Waals surface area (Å²) in [4.78, 5) is 16.8. The van der Waals surface area contributed by atoms with Gasteiger partial charge in [0, 0.05) is 37.3 Å². The molecule has 0 spiro atoms. The van der Waals surface area contributed by atoms with Crippen LogP contribution in [0.15, 0.2) is 52.9 Å². The lowest BCUT2D eigenvalue weighted by molar-refractivity contribution is 0.0618. The summed E-state index contributed by atoms with van der Waals surface area (Å²) in [6, 6.07) is 15.3. The molecule has 1 aliphatic rings. The van der Waals surface area contributed by atoms with Gasteiger partial charge in [-0.25, -0.2) is 0 Å². The molecule has 2 heterocycles. The number of amides is 1. The minimum absolute atomic E-state index is 0.0306. The number of carbonyl (C=O) groups is 1. The first-order valence-corrected chi connectivity index (χ1v) is 9.67. The molecule has 7 heteroatoms. The Hall–Kier alpha value is -3.19. The molecular weight excluding hydrogens is 368 g/mol. The van der Waals surface area contributed by atoms with Crippen molar-refractivity contribution in [2.75, 3.05) is 33.3 Å². The minimum atomic E-state index is 0.0306. The highest BCUT2D eigenvalue weighted by Gasteiger charge is 2.23. The van der Waals surface area contributed by atoms with Crippen molar-refractivity contribution in [1.82, 2.24) is 20.0 Å². The number of methoxy groups -OCH3 is 1. The third kappa shape index (κ3) is 4.46. The smallest absolute Gasteiger partial charge is 0.254 e. The van der Waals surface area contributed by atoms with Gasteiger partial charge in [0.1, 0.15) is 5.75 Å². The van der Waals surface area contributed by atoms with Crippen molar-refractivity contribution < 1.29 is 13.9 Å². The summed E-state index contributed by atoms with van der Waals surface area (Å²) >= 11 is 0. The second-order valence-electron chi connectivity index (χ2n) is 7.17. The van der Waals surface area contributed by atoms with Gasteiger partial charge in [0.25, 0.3) is 5.91 Å². The van der Waals surface area contributed by atoms with Gasteiger partial charge in [-0.2, -0.15) is 0 Å². The molecule has 1 amide bonds. The van der Waals surface area contributed by atoms with E-state index < -0.39 is 0 Å². The van der Waals surface area contributed by atoms with Crippen LogP contribution in [0.2, 0.25) is 0 Å². The number of benzene rings is 2. The van der Waals surface area contributed by atoms with E-state index in [1.165, 1.54) is 0 Å². The maximum Gasteiger partial charge on any atom is 0.254 e. The number of aryl methyl sites for hydroxylation is 1. The van der Waals surface area contributed by atoms with Gasteiger partial charge in [-0.1, -0.05) is 23.8 Å². The fourth-order valence-electron chi connectivity index (χ4n) is 3.45. The summed E-state index contributed by atoms with van der Waals surface area (Å²) in [5, 5.41) is 8.36. The first-order valence-electron chi connectivity index (χ1n) is 9.67. The maximum atomic E-state index is 12.7. The first-order chi connectivity index (χ1) is 14.1. The summed E-state index contributed by atoms with van der Waals surface area (Å²) in [5.74, 6) is 1.85. The van der Waals surface area contributed by atoms with Crippen molar-refractivity contribution in [2.45, 2.75) is 13.5 Å². The number of rotatable bonds is 5. The van der Waals surface area contributed by atoms with Gasteiger partial charge in [0.2, 0.25) is 11.8 Å². The topological polar surface area (TPSA) is 71.7 Å². The van der Waals surface area contributed by atoms with Gasteiger partial charge in [-0.15, -0.1) is 10.2 Å². The third-order valence-corrected chi connectivity index (χ3v) is 5.07. The molecule has 1 saturated heterocycles. The van der Waals surface area contributed by atoms with Crippen LogP contribution in [0.1, 0.15) is 21.8 Å². The average molecular weight is 392 g/mol. The molecule has 29 heavy (non-hydrogen) atoms. The zero-order valence-electron chi connectivity index (χ0n) is 16.7. The Morgan fingerprint density at radius 3 is 2.62 bits per heavy atom. The summed E-state index contributed by atoms with van der Waals surface area (Å²) < 4.78 is 11.1. The van der Waals surface area contributed by atoms with Crippen LogP contribution in [0.5, 0.6) is 5.75 Å². The van der Waals surface area contributed by atoms with E-state index in [1.54, 1.807) is 13.2 Å². The van der Waals surface area contributed by atoms with Gasteiger partial charge in [-0.3, -0.25) is 9.69 Å². The van der Waals surface area contributed by atoms with Gasteiger partial charge in [0.05, 0.1) is 13.7 Å². The van der Waals surface area contributed by atoms with Crippen molar-refractivity contribution in [3.63, 3.8) is 0 Å². The number of nitrogens with zero attached hydrogens (tertiary/aromatic N) is 4. The molecule has 0 radical (unpaired) electrons. The maximum absolute atomic E-state index is 12.7. The van der Waals surface area contributed by atoms with Gasteiger partial charge in [0.15, 0.2) is 0 Å². The second kappa shape index (κ2) is 8.45. The highest BCUT2D eigenvalue weighted by Crippen LogP contribution is 2.20. The Labute approximate surface area is 169 Å². The largest absolute Gasteiger partial charge is 0.497 e.